The molecule has 1 saturated heterocycles. The number of rotatable bonds is 0. The van der Waals surface area contributed by atoms with Crippen LogP contribution >= 0.6 is 22.6 Å². The Morgan fingerprint density at radius 3 is 3.31 bits per heavy atom. The average Bonchev–Trinajstić information content (AvgIpc) is 2.72. The quantitative estimate of drug-likeness (QED) is 0.682. The number of anilines is 1. The summed E-state index contributed by atoms with van der Waals surface area (Å²) in [5.41, 5.74) is 0. The van der Waals surface area contributed by atoms with E-state index in [-0.39, 0.29) is 5.92 Å². The number of hydrogen-bond donors (Lipinski definition) is 0. The van der Waals surface area contributed by atoms with Gasteiger partial charge in [-0.3, -0.25) is 0 Å². The predicted octanol–water partition coefficient (Wildman–Crippen LogP) is 1.80. The van der Waals surface area contributed by atoms with Crippen molar-refractivity contribution < 1.29 is 4.74 Å². The molecule has 16 heavy (non-hydrogen) atoms. The smallest absolute Gasteiger partial charge is 0.175 e. The zero-order valence-electron chi connectivity index (χ0n) is 8.56. The Kier molecular flexibility index (Phi) is 2.39. The van der Waals surface area contributed by atoms with Crippen molar-refractivity contribution >= 4 is 28.4 Å². The van der Waals surface area contributed by atoms with E-state index in [1.807, 2.05) is 6.07 Å². The molecule has 0 radical (unpaired) electrons. The van der Waals surface area contributed by atoms with Crippen LogP contribution in [0.1, 0.15) is 6.42 Å². The van der Waals surface area contributed by atoms with Gasteiger partial charge in [0.25, 0.3) is 0 Å². The molecule has 0 N–H and O–H groups in total. The fourth-order valence-corrected chi connectivity index (χ4v) is 2.92. The number of nitrogens with zero attached hydrogens (tertiary/aromatic N) is 3. The van der Waals surface area contributed by atoms with Crippen LogP contribution in [0, 0.1) is 20.8 Å². The molecule has 0 bridgehead atoms. The molecule has 2 aliphatic heterocycles. The first-order chi connectivity index (χ1) is 7.79. The molecule has 3 heterocycles. The lowest BCUT2D eigenvalue weighted by atomic mass is 10.1. The molecule has 1 fully saturated rings. The lowest BCUT2D eigenvalue weighted by Crippen LogP contribution is -2.39. The first-order valence-electron chi connectivity index (χ1n) is 5.23. The number of pyridine rings is 1. The Bertz CT molecular complexity index is 471. The van der Waals surface area contributed by atoms with Gasteiger partial charge in [0.15, 0.2) is 11.6 Å². The topological polar surface area (TPSA) is 49.1 Å². The van der Waals surface area contributed by atoms with E-state index in [0.717, 1.165) is 28.1 Å². The third-order valence-corrected chi connectivity index (χ3v) is 3.98. The van der Waals surface area contributed by atoms with Crippen molar-refractivity contribution in [2.24, 2.45) is 5.92 Å². The minimum absolute atomic E-state index is 0.110. The molecule has 2 aliphatic rings. The van der Waals surface area contributed by atoms with Gasteiger partial charge in [0, 0.05) is 12.7 Å². The molecule has 0 saturated carbocycles. The van der Waals surface area contributed by atoms with Gasteiger partial charge < -0.3 is 9.64 Å². The van der Waals surface area contributed by atoms with Crippen LogP contribution in [0.15, 0.2) is 12.3 Å². The summed E-state index contributed by atoms with van der Waals surface area (Å²) in [5.74, 6) is 1.89. The van der Waals surface area contributed by atoms with Crippen LogP contribution in [0.2, 0.25) is 0 Å². The van der Waals surface area contributed by atoms with Gasteiger partial charge in [0.1, 0.15) is 6.61 Å². The van der Waals surface area contributed by atoms with E-state index in [2.05, 4.69) is 38.5 Å². The van der Waals surface area contributed by atoms with E-state index in [1.54, 1.807) is 6.20 Å². The molecule has 0 spiro atoms. The summed E-state index contributed by atoms with van der Waals surface area (Å²) in [5, 5.41) is 8.98. The molecule has 82 valence electrons. The van der Waals surface area contributed by atoms with E-state index in [0.29, 0.717) is 12.6 Å². The Labute approximate surface area is 107 Å². The molecule has 1 aromatic rings. The second kappa shape index (κ2) is 3.77. The fraction of sp³-hybridized carbons (Fsp3) is 0.455. The van der Waals surface area contributed by atoms with E-state index in [1.165, 1.54) is 0 Å². The summed E-state index contributed by atoms with van der Waals surface area (Å²) < 4.78 is 6.82. The molecule has 1 aromatic heterocycles. The summed E-state index contributed by atoms with van der Waals surface area (Å²) in [6.45, 7) is 1.46. The number of nitriles is 1. The molecule has 0 amide bonds. The van der Waals surface area contributed by atoms with Gasteiger partial charge >= 0.3 is 0 Å². The maximum absolute atomic E-state index is 8.98. The summed E-state index contributed by atoms with van der Waals surface area (Å²) in [6, 6.07) is 4.60. The van der Waals surface area contributed by atoms with Crippen molar-refractivity contribution in [3.8, 4) is 11.8 Å². The van der Waals surface area contributed by atoms with Crippen molar-refractivity contribution in [3.05, 3.63) is 15.8 Å². The van der Waals surface area contributed by atoms with Crippen molar-refractivity contribution in [1.29, 1.82) is 5.26 Å². The van der Waals surface area contributed by atoms with Gasteiger partial charge in [-0.1, -0.05) is 0 Å². The highest BCUT2D eigenvalue weighted by molar-refractivity contribution is 14.1. The maximum Gasteiger partial charge on any atom is 0.175 e. The number of hydrogen-bond acceptors (Lipinski definition) is 4. The molecule has 4 nitrogen and oxygen atoms in total. The van der Waals surface area contributed by atoms with Crippen molar-refractivity contribution in [3.63, 3.8) is 0 Å². The summed E-state index contributed by atoms with van der Waals surface area (Å²) >= 11 is 2.25. The highest BCUT2D eigenvalue weighted by Crippen LogP contribution is 2.40. The van der Waals surface area contributed by atoms with Crippen LogP contribution in [0.4, 0.5) is 5.82 Å². The summed E-state index contributed by atoms with van der Waals surface area (Å²) in [4.78, 5) is 6.60. The number of ether oxygens (including phenoxy) is 1. The summed E-state index contributed by atoms with van der Waals surface area (Å²) in [7, 11) is 0. The fourth-order valence-electron chi connectivity index (χ4n) is 2.36. The van der Waals surface area contributed by atoms with Gasteiger partial charge in [-0.25, -0.2) is 4.98 Å². The molecule has 0 aliphatic carbocycles. The first-order valence-corrected chi connectivity index (χ1v) is 6.31. The van der Waals surface area contributed by atoms with E-state index in [9.17, 15) is 0 Å². The van der Waals surface area contributed by atoms with Crippen LogP contribution < -0.4 is 9.64 Å². The third kappa shape index (κ3) is 1.44. The highest BCUT2D eigenvalue weighted by atomic mass is 127. The van der Waals surface area contributed by atoms with Crippen LogP contribution in [0.3, 0.4) is 0 Å². The molecule has 3 rings (SSSR count). The average molecular weight is 327 g/mol. The van der Waals surface area contributed by atoms with Crippen LogP contribution in [-0.2, 0) is 0 Å². The van der Waals surface area contributed by atoms with Gasteiger partial charge in [-0.05, 0) is 35.1 Å². The SMILES string of the molecule is N#CC1CC2COc3c(I)ccnc3N2C1. The van der Waals surface area contributed by atoms with Crippen LogP contribution in [0.25, 0.3) is 0 Å². The normalized spacial score (nSPS) is 26.6. The van der Waals surface area contributed by atoms with Crippen molar-refractivity contribution in [2.45, 2.75) is 12.5 Å². The predicted molar refractivity (Wildman–Crippen MR) is 67.3 cm³/mol. The molecule has 2 unspecified atom stereocenters. The minimum atomic E-state index is 0.110. The van der Waals surface area contributed by atoms with Gasteiger partial charge in [-0.2, -0.15) is 5.26 Å². The second-order valence-corrected chi connectivity index (χ2v) is 5.29. The van der Waals surface area contributed by atoms with E-state index < -0.39 is 0 Å². The molecule has 5 heteroatoms. The number of fused-ring (bicyclic) bond motifs is 3. The molecule has 2 atom stereocenters. The zero-order chi connectivity index (χ0) is 11.1. The zero-order valence-corrected chi connectivity index (χ0v) is 10.7. The standard InChI is InChI=1S/C11H10IN3O/c12-9-1-2-14-11-10(9)16-6-8-3-7(4-13)5-15(8)11/h1-2,7-8H,3,5-6H2. The molecular formula is C11H10IN3O. The minimum Gasteiger partial charge on any atom is -0.486 e. The molecule has 0 aromatic carbocycles. The second-order valence-electron chi connectivity index (χ2n) is 4.12. The molecular weight excluding hydrogens is 317 g/mol. The van der Waals surface area contributed by atoms with Crippen LogP contribution in [0.5, 0.6) is 5.75 Å². The highest BCUT2D eigenvalue weighted by Gasteiger charge is 2.38. The Morgan fingerprint density at radius 2 is 2.50 bits per heavy atom. The lowest BCUT2D eigenvalue weighted by Gasteiger charge is -2.32. The maximum atomic E-state index is 8.98. The largest absolute Gasteiger partial charge is 0.486 e. The third-order valence-electron chi connectivity index (χ3n) is 3.13. The number of aromatic nitrogens is 1. The first kappa shape index (κ1) is 10.1. The lowest BCUT2D eigenvalue weighted by molar-refractivity contribution is 0.267. The van der Waals surface area contributed by atoms with Crippen molar-refractivity contribution in [1.82, 2.24) is 4.98 Å². The van der Waals surface area contributed by atoms with Crippen molar-refractivity contribution in [2.75, 3.05) is 18.1 Å². The van der Waals surface area contributed by atoms with Gasteiger partial charge in [0.2, 0.25) is 0 Å². The van der Waals surface area contributed by atoms with E-state index >= 15 is 0 Å². The summed E-state index contributed by atoms with van der Waals surface area (Å²) in [6.07, 6.45) is 2.69. The number of halogens is 1. The van der Waals surface area contributed by atoms with E-state index in [4.69, 9.17) is 10.00 Å². The Balaban J connectivity index is 2.01. The van der Waals surface area contributed by atoms with Crippen LogP contribution in [-0.4, -0.2) is 24.2 Å². The van der Waals surface area contributed by atoms with Gasteiger partial charge in [0.05, 0.1) is 21.6 Å². The van der Waals surface area contributed by atoms with Gasteiger partial charge in [-0.15, -0.1) is 0 Å². The Morgan fingerprint density at radius 1 is 1.62 bits per heavy atom. The monoisotopic (exact) mass is 327 g/mol. The Hall–Kier alpha value is -1.03.